The summed E-state index contributed by atoms with van der Waals surface area (Å²) in [4.78, 5) is 9.87. The molecule has 0 heterocycles. The molecule has 0 saturated heterocycles. The van der Waals surface area contributed by atoms with Crippen LogP contribution in [0.1, 0.15) is 14.4 Å². The van der Waals surface area contributed by atoms with E-state index in [0.29, 0.717) is 0 Å². The molecule has 0 fully saturated rings. The highest BCUT2D eigenvalue weighted by molar-refractivity contribution is 5.56. The fourth-order valence-electron chi connectivity index (χ4n) is 0.568. The Bertz CT molecular complexity index is 125. The number of hydrogen-bond acceptors (Lipinski definition) is 5. The first-order chi connectivity index (χ1) is 5.00. The lowest BCUT2D eigenvalue weighted by molar-refractivity contribution is -0.132. The maximum absolute atomic E-state index is 9.87. The minimum absolute atomic E-state index is 0. The Morgan fingerprint density at radius 2 is 1.50 bits per heavy atom. The molecule has 5 heteroatoms. The molecule has 0 aliphatic heterocycles. The number of rotatable bonds is 4. The van der Waals surface area contributed by atoms with Gasteiger partial charge in [0.15, 0.2) is 6.29 Å². The third-order valence-corrected chi connectivity index (χ3v) is 1.33. The largest absolute Gasteiger partial charge is 0.391 e. The lowest BCUT2D eigenvalue weighted by atomic mass is 10.1. The summed E-state index contributed by atoms with van der Waals surface area (Å²) in [5, 5.41) is 35.1. The van der Waals surface area contributed by atoms with E-state index >= 15 is 0 Å². The smallest absolute Gasteiger partial charge is 0.151 e. The van der Waals surface area contributed by atoms with Crippen LogP contribution in [0.25, 0.3) is 0 Å². The number of aldehydes is 1. The second-order valence-corrected chi connectivity index (χ2v) is 2.35. The first-order valence-electron chi connectivity index (χ1n) is 3.18. The van der Waals surface area contributed by atoms with E-state index in [-0.39, 0.29) is 13.7 Å². The zero-order chi connectivity index (χ0) is 9.02. The van der Waals surface area contributed by atoms with Gasteiger partial charge in [-0.25, -0.2) is 0 Å². The Morgan fingerprint density at radius 1 is 1.08 bits per heavy atom. The van der Waals surface area contributed by atoms with Gasteiger partial charge >= 0.3 is 0 Å². The molecule has 74 valence electrons. The maximum atomic E-state index is 9.87. The van der Waals surface area contributed by atoms with Crippen molar-refractivity contribution in [2.24, 2.45) is 0 Å². The normalized spacial score (nSPS) is 20.1. The fraction of sp³-hybridized carbons (Fsp3) is 0.857. The van der Waals surface area contributed by atoms with E-state index in [4.69, 9.17) is 20.4 Å². The van der Waals surface area contributed by atoms with E-state index in [2.05, 4.69) is 0 Å². The first-order valence-corrected chi connectivity index (χ1v) is 3.18. The van der Waals surface area contributed by atoms with Crippen molar-refractivity contribution in [3.63, 3.8) is 0 Å². The van der Waals surface area contributed by atoms with Crippen LogP contribution in [0.15, 0.2) is 0 Å². The van der Waals surface area contributed by atoms with Crippen molar-refractivity contribution >= 4 is 6.29 Å². The first kappa shape index (κ1) is 14.1. The molecule has 5 nitrogen and oxygen atoms in total. The highest BCUT2D eigenvalue weighted by Crippen LogP contribution is 2.02. The fourth-order valence-corrected chi connectivity index (χ4v) is 0.568. The Morgan fingerprint density at radius 3 is 1.75 bits per heavy atom. The van der Waals surface area contributed by atoms with Crippen LogP contribution < -0.4 is 0 Å². The summed E-state index contributed by atoms with van der Waals surface area (Å²) in [6.07, 6.45) is -5.88. The number of hydrogen-bond donors (Lipinski definition) is 4. The van der Waals surface area contributed by atoms with E-state index in [1.54, 1.807) is 0 Å². The molecule has 0 aromatic carbocycles. The molecular weight excluding hydrogens is 164 g/mol. The van der Waals surface area contributed by atoms with E-state index in [9.17, 15) is 4.79 Å². The standard InChI is InChI=1S/C6H12O5.CH4/c1-3(8)5(10)6(11)4(9)2-7;/h2-6,8-11H,1H3;1H4. The Kier molecular flexibility index (Phi) is 7.12. The topological polar surface area (TPSA) is 98.0 Å². The summed E-state index contributed by atoms with van der Waals surface area (Å²) in [7, 11) is 0. The van der Waals surface area contributed by atoms with Crippen molar-refractivity contribution in [1.82, 2.24) is 0 Å². The predicted octanol–water partition coefficient (Wildman–Crippen LogP) is -1.72. The van der Waals surface area contributed by atoms with Gasteiger partial charge in [0.1, 0.15) is 18.3 Å². The van der Waals surface area contributed by atoms with Crippen LogP contribution in [0.2, 0.25) is 0 Å². The van der Waals surface area contributed by atoms with Gasteiger partial charge in [0, 0.05) is 0 Å². The summed E-state index contributed by atoms with van der Waals surface area (Å²) in [6, 6.07) is 0. The lowest BCUT2D eigenvalue weighted by Gasteiger charge is -2.21. The van der Waals surface area contributed by atoms with Crippen LogP contribution in [-0.4, -0.2) is 51.1 Å². The zero-order valence-corrected chi connectivity index (χ0v) is 6.08. The third kappa shape index (κ3) is 3.77. The zero-order valence-electron chi connectivity index (χ0n) is 6.08. The maximum Gasteiger partial charge on any atom is 0.151 e. The molecule has 0 bridgehead atoms. The van der Waals surface area contributed by atoms with E-state index in [1.165, 1.54) is 6.92 Å². The van der Waals surface area contributed by atoms with Gasteiger partial charge in [0.05, 0.1) is 6.10 Å². The van der Waals surface area contributed by atoms with Crippen molar-refractivity contribution in [1.29, 1.82) is 0 Å². The highest BCUT2D eigenvalue weighted by Gasteiger charge is 2.27. The molecular formula is C7H16O5. The molecule has 4 atom stereocenters. The van der Waals surface area contributed by atoms with Crippen LogP contribution in [0, 0.1) is 0 Å². The molecule has 0 aliphatic rings. The molecule has 0 spiro atoms. The molecule has 0 aliphatic carbocycles. The van der Waals surface area contributed by atoms with Crippen LogP contribution in [-0.2, 0) is 4.79 Å². The molecule has 0 aromatic heterocycles. The van der Waals surface area contributed by atoms with Crippen LogP contribution in [0.3, 0.4) is 0 Å². The summed E-state index contributed by atoms with van der Waals surface area (Å²) in [5.74, 6) is 0. The van der Waals surface area contributed by atoms with Crippen molar-refractivity contribution in [3.8, 4) is 0 Å². The van der Waals surface area contributed by atoms with Crippen molar-refractivity contribution < 1.29 is 25.2 Å². The van der Waals surface area contributed by atoms with E-state index < -0.39 is 24.4 Å². The molecule has 0 aromatic rings. The van der Waals surface area contributed by atoms with Gasteiger partial charge in [0.25, 0.3) is 0 Å². The number of aliphatic hydroxyl groups excluding tert-OH is 4. The van der Waals surface area contributed by atoms with Gasteiger partial charge in [-0.3, -0.25) is 0 Å². The van der Waals surface area contributed by atoms with Crippen LogP contribution in [0.5, 0.6) is 0 Å². The number of aliphatic hydroxyl groups is 4. The second kappa shape index (κ2) is 6.07. The SMILES string of the molecule is C.CC(O)C(O)C(O)C(O)C=O. The molecule has 12 heavy (non-hydrogen) atoms. The third-order valence-electron chi connectivity index (χ3n) is 1.33. The molecule has 0 saturated carbocycles. The highest BCUT2D eigenvalue weighted by atomic mass is 16.4. The summed E-state index contributed by atoms with van der Waals surface area (Å²) < 4.78 is 0. The summed E-state index contributed by atoms with van der Waals surface area (Å²) in [6.45, 7) is 1.24. The van der Waals surface area contributed by atoms with Gasteiger partial charge in [-0.15, -0.1) is 0 Å². The lowest BCUT2D eigenvalue weighted by Crippen LogP contribution is -2.43. The predicted molar refractivity (Wildman–Crippen MR) is 42.5 cm³/mol. The minimum atomic E-state index is -1.65. The molecule has 0 radical (unpaired) electrons. The Hall–Kier alpha value is -0.490. The average molecular weight is 180 g/mol. The monoisotopic (exact) mass is 180 g/mol. The molecule has 0 rings (SSSR count). The Balaban J connectivity index is 0. The minimum Gasteiger partial charge on any atom is -0.391 e. The van der Waals surface area contributed by atoms with Crippen molar-refractivity contribution in [2.45, 2.75) is 38.8 Å². The van der Waals surface area contributed by atoms with Gasteiger partial charge in [-0.2, -0.15) is 0 Å². The van der Waals surface area contributed by atoms with Crippen LogP contribution >= 0.6 is 0 Å². The van der Waals surface area contributed by atoms with Crippen LogP contribution in [0.4, 0.5) is 0 Å². The molecule has 4 unspecified atom stereocenters. The van der Waals surface area contributed by atoms with E-state index in [1.807, 2.05) is 0 Å². The second-order valence-electron chi connectivity index (χ2n) is 2.35. The van der Waals surface area contributed by atoms with E-state index in [0.717, 1.165) is 0 Å². The summed E-state index contributed by atoms with van der Waals surface area (Å²) >= 11 is 0. The van der Waals surface area contributed by atoms with Gasteiger partial charge in [-0.05, 0) is 6.92 Å². The number of carbonyl (C=O) groups is 1. The molecule has 0 amide bonds. The van der Waals surface area contributed by atoms with Crippen molar-refractivity contribution in [3.05, 3.63) is 0 Å². The summed E-state index contributed by atoms with van der Waals surface area (Å²) in [5.41, 5.74) is 0. The molecule has 4 N–H and O–H groups in total. The Labute approximate surface area is 71.3 Å². The van der Waals surface area contributed by atoms with Gasteiger partial charge < -0.3 is 25.2 Å². The average Bonchev–Trinajstić information content (AvgIpc) is 2.00. The number of carbonyl (C=O) groups excluding carboxylic acids is 1. The van der Waals surface area contributed by atoms with Gasteiger partial charge in [-0.1, -0.05) is 7.43 Å². The van der Waals surface area contributed by atoms with Gasteiger partial charge in [0.2, 0.25) is 0 Å². The quantitative estimate of drug-likeness (QED) is 0.386. The van der Waals surface area contributed by atoms with Crippen molar-refractivity contribution in [2.75, 3.05) is 0 Å².